The summed E-state index contributed by atoms with van der Waals surface area (Å²) < 4.78 is 0. The van der Waals surface area contributed by atoms with Crippen molar-refractivity contribution >= 4 is 17.7 Å². The molecule has 1 aromatic carbocycles. The van der Waals surface area contributed by atoms with Crippen LogP contribution in [0.15, 0.2) is 24.3 Å². The number of carbonyl (C=O) groups excluding carboxylic acids is 1. The third-order valence-corrected chi connectivity index (χ3v) is 3.59. The van der Waals surface area contributed by atoms with Gasteiger partial charge in [-0.3, -0.25) is 0 Å². The average molecular weight is 277 g/mol. The van der Waals surface area contributed by atoms with Gasteiger partial charge in [0.05, 0.1) is 5.54 Å². The van der Waals surface area contributed by atoms with Gasteiger partial charge in [0.2, 0.25) is 0 Å². The first-order valence-corrected chi connectivity index (χ1v) is 6.65. The van der Waals surface area contributed by atoms with Crippen LogP contribution in [-0.2, 0) is 10.3 Å². The van der Waals surface area contributed by atoms with Crippen LogP contribution in [0.3, 0.4) is 0 Å². The maximum absolute atomic E-state index is 11.9. The Labute approximate surface area is 117 Å². The van der Waals surface area contributed by atoms with Crippen LogP contribution >= 0.6 is 0 Å². The summed E-state index contributed by atoms with van der Waals surface area (Å²) >= 11 is 0. The van der Waals surface area contributed by atoms with Crippen molar-refractivity contribution in [3.63, 3.8) is 0 Å². The van der Waals surface area contributed by atoms with Crippen molar-refractivity contribution < 1.29 is 14.7 Å². The molecular formula is C14H19N3O3. The normalized spacial score (nSPS) is 17.1. The first kappa shape index (κ1) is 14.2. The van der Waals surface area contributed by atoms with Crippen LogP contribution in [0.1, 0.15) is 31.7 Å². The van der Waals surface area contributed by atoms with E-state index in [4.69, 9.17) is 10.8 Å². The number of benzene rings is 1. The van der Waals surface area contributed by atoms with E-state index in [1.54, 1.807) is 13.0 Å². The van der Waals surface area contributed by atoms with Crippen molar-refractivity contribution in [1.29, 1.82) is 0 Å². The molecule has 1 aliphatic carbocycles. The molecule has 0 saturated heterocycles. The topological polar surface area (TPSA) is 104 Å². The molecule has 0 radical (unpaired) electrons. The number of amides is 2. The van der Waals surface area contributed by atoms with Gasteiger partial charge in [-0.2, -0.15) is 0 Å². The molecule has 2 amide bonds. The predicted octanol–water partition coefficient (Wildman–Crippen LogP) is 1.42. The number of nitrogens with one attached hydrogen (secondary N) is 2. The van der Waals surface area contributed by atoms with Gasteiger partial charge in [0.1, 0.15) is 6.04 Å². The highest BCUT2D eigenvalue weighted by atomic mass is 16.4. The molecule has 5 N–H and O–H groups in total. The van der Waals surface area contributed by atoms with Crippen LogP contribution in [0.2, 0.25) is 0 Å². The fraction of sp³-hybridized carbons (Fsp3) is 0.429. The molecular weight excluding hydrogens is 258 g/mol. The van der Waals surface area contributed by atoms with Crippen LogP contribution in [-0.4, -0.2) is 23.1 Å². The molecule has 0 spiro atoms. The number of anilines is 1. The third kappa shape index (κ3) is 2.84. The molecule has 1 saturated carbocycles. The summed E-state index contributed by atoms with van der Waals surface area (Å²) in [5, 5.41) is 14.2. The molecule has 2 rings (SSSR count). The van der Waals surface area contributed by atoms with Crippen molar-refractivity contribution in [2.24, 2.45) is 0 Å². The van der Waals surface area contributed by atoms with Gasteiger partial charge in [0.25, 0.3) is 0 Å². The molecule has 20 heavy (non-hydrogen) atoms. The van der Waals surface area contributed by atoms with E-state index < -0.39 is 23.6 Å². The molecule has 1 fully saturated rings. The second-order valence-electron chi connectivity index (χ2n) is 5.07. The molecule has 0 heterocycles. The molecule has 0 bridgehead atoms. The lowest BCUT2D eigenvalue weighted by atomic mass is 10.0. The Morgan fingerprint density at radius 2 is 2.05 bits per heavy atom. The number of rotatable bonds is 5. The number of carboxylic acids is 1. The average Bonchev–Trinajstić information content (AvgIpc) is 3.16. The lowest BCUT2D eigenvalue weighted by molar-refractivity contribution is -0.139. The minimum Gasteiger partial charge on any atom is -0.480 e. The van der Waals surface area contributed by atoms with Gasteiger partial charge in [-0.15, -0.1) is 0 Å². The smallest absolute Gasteiger partial charge is 0.326 e. The van der Waals surface area contributed by atoms with E-state index in [1.807, 2.05) is 18.2 Å². The van der Waals surface area contributed by atoms with E-state index >= 15 is 0 Å². The Morgan fingerprint density at radius 3 is 2.55 bits per heavy atom. The summed E-state index contributed by atoms with van der Waals surface area (Å²) in [4.78, 5) is 22.8. The van der Waals surface area contributed by atoms with E-state index in [0.29, 0.717) is 12.1 Å². The molecule has 0 aromatic heterocycles. The second-order valence-corrected chi connectivity index (χ2v) is 5.07. The summed E-state index contributed by atoms with van der Waals surface area (Å²) in [5.74, 6) is -1.04. The lowest BCUT2D eigenvalue weighted by Crippen LogP contribution is -2.49. The molecule has 1 unspecified atom stereocenters. The van der Waals surface area contributed by atoms with Crippen LogP contribution in [0.5, 0.6) is 0 Å². The molecule has 108 valence electrons. The van der Waals surface area contributed by atoms with Crippen LogP contribution in [0.25, 0.3) is 0 Å². The third-order valence-electron chi connectivity index (χ3n) is 3.59. The number of nitrogen functional groups attached to an aromatic ring is 1. The predicted molar refractivity (Wildman–Crippen MR) is 75.1 cm³/mol. The molecule has 1 aromatic rings. The van der Waals surface area contributed by atoms with Crippen LogP contribution < -0.4 is 16.4 Å². The molecule has 1 aliphatic rings. The van der Waals surface area contributed by atoms with Crippen molar-refractivity contribution in [3.8, 4) is 0 Å². The monoisotopic (exact) mass is 277 g/mol. The quantitative estimate of drug-likeness (QED) is 0.611. The lowest BCUT2D eigenvalue weighted by Gasteiger charge is -2.21. The van der Waals surface area contributed by atoms with E-state index in [0.717, 1.165) is 18.4 Å². The van der Waals surface area contributed by atoms with Gasteiger partial charge < -0.3 is 21.5 Å². The number of hydrogen-bond donors (Lipinski definition) is 4. The Hall–Kier alpha value is -2.24. The summed E-state index contributed by atoms with van der Waals surface area (Å²) in [6.07, 6.45) is 1.94. The number of nitrogens with two attached hydrogens (primary N) is 1. The summed E-state index contributed by atoms with van der Waals surface area (Å²) in [6.45, 7) is 1.71. The fourth-order valence-electron chi connectivity index (χ4n) is 2.27. The van der Waals surface area contributed by atoms with E-state index in [2.05, 4.69) is 10.6 Å². The fourth-order valence-corrected chi connectivity index (χ4v) is 2.27. The number of aliphatic carboxylic acids is 1. The largest absolute Gasteiger partial charge is 0.480 e. The Balaban J connectivity index is 2.05. The zero-order valence-corrected chi connectivity index (χ0v) is 11.3. The summed E-state index contributed by atoms with van der Waals surface area (Å²) in [6, 6.07) is 6.04. The minimum atomic E-state index is -1.04. The molecule has 6 nitrogen and oxygen atoms in total. The van der Waals surface area contributed by atoms with Crippen LogP contribution in [0.4, 0.5) is 10.5 Å². The van der Waals surface area contributed by atoms with Gasteiger partial charge in [0.15, 0.2) is 0 Å². The summed E-state index contributed by atoms with van der Waals surface area (Å²) in [5.41, 5.74) is 7.00. The van der Waals surface area contributed by atoms with E-state index in [-0.39, 0.29) is 0 Å². The van der Waals surface area contributed by atoms with Crippen molar-refractivity contribution in [2.45, 2.75) is 37.8 Å². The van der Waals surface area contributed by atoms with Crippen molar-refractivity contribution in [2.75, 3.05) is 5.73 Å². The van der Waals surface area contributed by atoms with Crippen LogP contribution in [0, 0.1) is 0 Å². The Kier molecular flexibility index (Phi) is 3.83. The molecule has 6 heteroatoms. The number of hydrogen-bond acceptors (Lipinski definition) is 3. The van der Waals surface area contributed by atoms with Crippen molar-refractivity contribution in [1.82, 2.24) is 10.6 Å². The van der Waals surface area contributed by atoms with Gasteiger partial charge in [0, 0.05) is 11.3 Å². The molecule has 0 aliphatic heterocycles. The first-order chi connectivity index (χ1) is 9.48. The standard InChI is InChI=1S/C14H19N3O3/c1-2-11(12(18)19)16-13(20)17-14(7-8-14)9-5-3-4-6-10(9)15/h3-6,11H,2,7-8,15H2,1H3,(H,18,19)(H2,16,17,20). The zero-order valence-electron chi connectivity index (χ0n) is 11.3. The zero-order chi connectivity index (χ0) is 14.8. The van der Waals surface area contributed by atoms with Gasteiger partial charge in [-0.25, -0.2) is 9.59 Å². The van der Waals surface area contributed by atoms with Crippen molar-refractivity contribution in [3.05, 3.63) is 29.8 Å². The first-order valence-electron chi connectivity index (χ1n) is 6.65. The highest BCUT2D eigenvalue weighted by molar-refractivity contribution is 5.83. The Morgan fingerprint density at radius 1 is 1.40 bits per heavy atom. The van der Waals surface area contributed by atoms with Gasteiger partial charge in [-0.05, 0) is 25.3 Å². The number of carbonyl (C=O) groups is 2. The van der Waals surface area contributed by atoms with Gasteiger partial charge >= 0.3 is 12.0 Å². The second kappa shape index (κ2) is 5.40. The summed E-state index contributed by atoms with van der Waals surface area (Å²) in [7, 11) is 0. The van der Waals surface area contributed by atoms with Gasteiger partial charge in [-0.1, -0.05) is 25.1 Å². The number of urea groups is 1. The van der Waals surface area contributed by atoms with E-state index in [1.165, 1.54) is 0 Å². The van der Waals surface area contributed by atoms with E-state index in [9.17, 15) is 9.59 Å². The SMILES string of the molecule is CCC(NC(=O)NC1(c2ccccc2N)CC1)C(=O)O. The number of carboxylic acid groups (broad SMARTS) is 1. The number of para-hydroxylation sites is 1. The molecule has 1 atom stereocenters. The minimum absolute atomic E-state index is 0.337. The highest BCUT2D eigenvalue weighted by Crippen LogP contribution is 2.47. The Bertz CT molecular complexity index is 526. The highest BCUT2D eigenvalue weighted by Gasteiger charge is 2.47. The maximum Gasteiger partial charge on any atom is 0.326 e. The maximum atomic E-state index is 11.9.